The van der Waals surface area contributed by atoms with E-state index >= 15 is 0 Å². The van der Waals surface area contributed by atoms with Crippen LogP contribution in [0.3, 0.4) is 0 Å². The van der Waals surface area contributed by atoms with E-state index in [4.69, 9.17) is 10.8 Å². The zero-order chi connectivity index (χ0) is 11.1. The van der Waals surface area contributed by atoms with Crippen LogP contribution in [0.1, 0.15) is 45.4 Å². The molecule has 0 bridgehead atoms. The van der Waals surface area contributed by atoms with Gasteiger partial charge in [0.1, 0.15) is 0 Å². The van der Waals surface area contributed by atoms with Crippen LogP contribution >= 0.6 is 0 Å². The van der Waals surface area contributed by atoms with Crippen LogP contribution in [0.2, 0.25) is 0 Å². The van der Waals surface area contributed by atoms with Gasteiger partial charge in [0.05, 0.1) is 0 Å². The van der Waals surface area contributed by atoms with Crippen molar-refractivity contribution in [1.29, 1.82) is 0 Å². The predicted molar refractivity (Wildman–Crippen MR) is 63.7 cm³/mol. The van der Waals surface area contributed by atoms with Crippen LogP contribution in [-0.4, -0.2) is 30.3 Å². The molecule has 1 rings (SSSR count). The van der Waals surface area contributed by atoms with Crippen molar-refractivity contribution in [3.05, 3.63) is 0 Å². The quantitative estimate of drug-likeness (QED) is 0.559. The fourth-order valence-electron chi connectivity index (χ4n) is 2.64. The fourth-order valence-corrected chi connectivity index (χ4v) is 2.64. The number of nitrogens with one attached hydrogen (secondary N) is 1. The minimum absolute atomic E-state index is 0.208. The summed E-state index contributed by atoms with van der Waals surface area (Å²) < 4.78 is 0. The van der Waals surface area contributed by atoms with Gasteiger partial charge in [0.2, 0.25) is 0 Å². The van der Waals surface area contributed by atoms with Gasteiger partial charge in [-0.2, -0.15) is 0 Å². The van der Waals surface area contributed by atoms with Crippen molar-refractivity contribution in [1.82, 2.24) is 5.32 Å². The Morgan fingerprint density at radius 2 is 2.20 bits per heavy atom. The molecule has 0 aliphatic heterocycles. The first-order chi connectivity index (χ1) is 7.25. The molecule has 4 N–H and O–H groups in total. The summed E-state index contributed by atoms with van der Waals surface area (Å²) in [5, 5.41) is 12.3. The Labute approximate surface area is 93.4 Å². The third-order valence-corrected chi connectivity index (χ3v) is 3.88. The van der Waals surface area contributed by atoms with Gasteiger partial charge in [-0.25, -0.2) is 0 Å². The highest BCUT2D eigenvalue weighted by molar-refractivity contribution is 4.98. The minimum Gasteiger partial charge on any atom is -0.396 e. The average Bonchev–Trinajstić information content (AvgIpc) is 2.61. The van der Waals surface area contributed by atoms with Gasteiger partial charge >= 0.3 is 0 Å². The molecule has 2 unspecified atom stereocenters. The lowest BCUT2D eigenvalue weighted by atomic mass is 9.88. The van der Waals surface area contributed by atoms with Crippen molar-refractivity contribution in [2.24, 2.45) is 11.7 Å². The number of nitrogens with two attached hydrogens (primary N) is 1. The maximum Gasteiger partial charge on any atom is 0.0431 e. The topological polar surface area (TPSA) is 58.3 Å². The Balaban J connectivity index is 2.22. The maximum absolute atomic E-state index is 8.68. The van der Waals surface area contributed by atoms with Crippen LogP contribution in [-0.2, 0) is 0 Å². The molecule has 0 aromatic rings. The summed E-state index contributed by atoms with van der Waals surface area (Å²) in [5.74, 6) is 0.709. The van der Waals surface area contributed by atoms with Crippen molar-refractivity contribution in [3.63, 3.8) is 0 Å². The Hall–Kier alpha value is -0.120. The molecule has 0 aromatic carbocycles. The number of unbranched alkanes of at least 4 members (excludes halogenated alkanes) is 2. The third-order valence-electron chi connectivity index (χ3n) is 3.88. The number of aliphatic hydroxyl groups is 1. The third kappa shape index (κ3) is 3.44. The highest BCUT2D eigenvalue weighted by atomic mass is 16.2. The molecule has 3 heteroatoms. The van der Waals surface area contributed by atoms with E-state index in [0.29, 0.717) is 12.5 Å². The SMILES string of the molecule is CC1CCCC1(CN)NCCCCCO. The molecule has 0 spiro atoms. The van der Waals surface area contributed by atoms with E-state index in [-0.39, 0.29) is 5.54 Å². The second-order valence-electron chi connectivity index (χ2n) is 4.86. The summed E-state index contributed by atoms with van der Waals surface area (Å²) in [5.41, 5.74) is 6.11. The summed E-state index contributed by atoms with van der Waals surface area (Å²) in [4.78, 5) is 0. The van der Waals surface area contributed by atoms with E-state index in [0.717, 1.165) is 32.4 Å². The first-order valence-corrected chi connectivity index (χ1v) is 6.31. The van der Waals surface area contributed by atoms with Crippen molar-refractivity contribution >= 4 is 0 Å². The molecule has 0 saturated heterocycles. The molecule has 0 aromatic heterocycles. The van der Waals surface area contributed by atoms with Crippen LogP contribution in [0, 0.1) is 5.92 Å². The van der Waals surface area contributed by atoms with E-state index in [1.165, 1.54) is 19.3 Å². The van der Waals surface area contributed by atoms with Gasteiger partial charge < -0.3 is 16.2 Å². The van der Waals surface area contributed by atoms with E-state index in [1.54, 1.807) is 0 Å². The Morgan fingerprint density at radius 1 is 1.40 bits per heavy atom. The van der Waals surface area contributed by atoms with E-state index in [2.05, 4.69) is 12.2 Å². The highest BCUT2D eigenvalue weighted by Crippen LogP contribution is 2.34. The molecule has 1 fully saturated rings. The molecular weight excluding hydrogens is 188 g/mol. The zero-order valence-corrected chi connectivity index (χ0v) is 9.97. The number of hydrogen-bond acceptors (Lipinski definition) is 3. The lowest BCUT2D eigenvalue weighted by Gasteiger charge is -2.34. The van der Waals surface area contributed by atoms with E-state index in [9.17, 15) is 0 Å². The predicted octanol–water partition coefficient (Wildman–Crippen LogP) is 1.26. The molecule has 90 valence electrons. The van der Waals surface area contributed by atoms with Crippen LogP contribution in [0.5, 0.6) is 0 Å². The molecule has 1 aliphatic rings. The molecule has 1 aliphatic carbocycles. The summed E-state index contributed by atoms with van der Waals surface area (Å²) in [6.45, 7) is 4.43. The van der Waals surface area contributed by atoms with E-state index in [1.807, 2.05) is 0 Å². The smallest absolute Gasteiger partial charge is 0.0431 e. The number of aliphatic hydroxyl groups excluding tert-OH is 1. The van der Waals surface area contributed by atoms with E-state index < -0.39 is 0 Å². The van der Waals surface area contributed by atoms with Gasteiger partial charge in [-0.05, 0) is 44.6 Å². The lowest BCUT2D eigenvalue weighted by molar-refractivity contribution is 0.258. The van der Waals surface area contributed by atoms with Crippen molar-refractivity contribution in [2.45, 2.75) is 51.0 Å². The van der Waals surface area contributed by atoms with Gasteiger partial charge in [-0.15, -0.1) is 0 Å². The molecule has 0 heterocycles. The van der Waals surface area contributed by atoms with Crippen LogP contribution < -0.4 is 11.1 Å². The van der Waals surface area contributed by atoms with Crippen LogP contribution in [0.4, 0.5) is 0 Å². The van der Waals surface area contributed by atoms with Gasteiger partial charge in [0.15, 0.2) is 0 Å². The molecule has 0 amide bonds. The number of rotatable bonds is 7. The van der Waals surface area contributed by atoms with Gasteiger partial charge in [-0.3, -0.25) is 0 Å². The van der Waals surface area contributed by atoms with Crippen molar-refractivity contribution < 1.29 is 5.11 Å². The summed E-state index contributed by atoms with van der Waals surface area (Å²) in [6.07, 6.45) is 7.02. The molecule has 1 saturated carbocycles. The first-order valence-electron chi connectivity index (χ1n) is 6.31. The van der Waals surface area contributed by atoms with Crippen LogP contribution in [0.15, 0.2) is 0 Å². The largest absolute Gasteiger partial charge is 0.396 e. The number of hydrogen-bond donors (Lipinski definition) is 3. The Morgan fingerprint density at radius 3 is 2.73 bits per heavy atom. The highest BCUT2D eigenvalue weighted by Gasteiger charge is 2.38. The summed E-state index contributed by atoms with van der Waals surface area (Å²) in [7, 11) is 0. The van der Waals surface area contributed by atoms with Gasteiger partial charge in [0.25, 0.3) is 0 Å². The Kier molecular flexibility index (Phi) is 5.58. The minimum atomic E-state index is 0.208. The summed E-state index contributed by atoms with van der Waals surface area (Å²) in [6, 6.07) is 0. The standard InChI is InChI=1S/C12H26N2O/c1-11-6-5-7-12(11,10-13)14-8-3-2-4-9-15/h11,14-15H,2-10,13H2,1H3. The monoisotopic (exact) mass is 214 g/mol. The summed E-state index contributed by atoms with van der Waals surface area (Å²) >= 11 is 0. The second kappa shape index (κ2) is 6.46. The first kappa shape index (κ1) is 12.9. The van der Waals surface area contributed by atoms with Crippen LogP contribution in [0.25, 0.3) is 0 Å². The lowest BCUT2D eigenvalue weighted by Crippen LogP contribution is -2.53. The van der Waals surface area contributed by atoms with Crippen molar-refractivity contribution in [3.8, 4) is 0 Å². The molecule has 0 radical (unpaired) electrons. The fraction of sp³-hybridized carbons (Fsp3) is 1.00. The maximum atomic E-state index is 8.68. The van der Waals surface area contributed by atoms with Gasteiger partial charge in [0, 0.05) is 18.7 Å². The molecule has 15 heavy (non-hydrogen) atoms. The average molecular weight is 214 g/mol. The second-order valence-corrected chi connectivity index (χ2v) is 4.86. The van der Waals surface area contributed by atoms with Gasteiger partial charge in [-0.1, -0.05) is 13.3 Å². The molecular formula is C12H26N2O. The Bertz CT molecular complexity index is 175. The molecule has 2 atom stereocenters. The molecule has 3 nitrogen and oxygen atoms in total. The normalized spacial score (nSPS) is 31.0. The zero-order valence-electron chi connectivity index (χ0n) is 9.97. The van der Waals surface area contributed by atoms with Crippen molar-refractivity contribution in [2.75, 3.05) is 19.7 Å².